The molecule has 4 fully saturated rings. The van der Waals surface area contributed by atoms with Gasteiger partial charge in [0.1, 0.15) is 0 Å². The van der Waals surface area contributed by atoms with Crippen LogP contribution < -0.4 is 5.32 Å². The Morgan fingerprint density at radius 1 is 1.06 bits per heavy atom. The van der Waals surface area contributed by atoms with Crippen molar-refractivity contribution in [2.24, 2.45) is 29.6 Å². The zero-order chi connectivity index (χ0) is 24.5. The van der Waals surface area contributed by atoms with E-state index in [0.29, 0.717) is 31.2 Å². The summed E-state index contributed by atoms with van der Waals surface area (Å²) in [5.74, 6) is 2.30. The predicted octanol–water partition coefficient (Wildman–Crippen LogP) is 5.07. The largest absolute Gasteiger partial charge is 0.417 e. The molecule has 3 saturated carbocycles. The van der Waals surface area contributed by atoms with Crippen LogP contribution in [0.4, 0.5) is 13.2 Å². The smallest absolute Gasteiger partial charge is 0.356 e. The second-order valence-electron chi connectivity index (χ2n) is 10.5. The van der Waals surface area contributed by atoms with E-state index in [-0.39, 0.29) is 30.8 Å². The van der Waals surface area contributed by atoms with Crippen molar-refractivity contribution in [2.45, 2.75) is 69.4 Å². The molecule has 190 valence electrons. The van der Waals surface area contributed by atoms with Gasteiger partial charge in [0, 0.05) is 25.6 Å². The summed E-state index contributed by atoms with van der Waals surface area (Å²) in [4.78, 5) is 12.2. The first-order valence-corrected chi connectivity index (χ1v) is 14.0. The van der Waals surface area contributed by atoms with E-state index in [1.54, 1.807) is 0 Å². The van der Waals surface area contributed by atoms with Gasteiger partial charge in [0.05, 0.1) is 10.5 Å². The highest BCUT2D eigenvalue weighted by Gasteiger charge is 2.41. The van der Waals surface area contributed by atoms with Crippen LogP contribution in [0.5, 0.6) is 0 Å². The molecule has 1 amide bonds. The second kappa shape index (κ2) is 10.2. The lowest BCUT2D eigenvalue weighted by Gasteiger charge is -2.42. The molecular formula is C25H35F3N2O3S. The van der Waals surface area contributed by atoms with Crippen LogP contribution in [0.15, 0.2) is 29.2 Å². The summed E-state index contributed by atoms with van der Waals surface area (Å²) in [5.41, 5.74) is -1.13. The van der Waals surface area contributed by atoms with E-state index in [0.717, 1.165) is 41.6 Å². The van der Waals surface area contributed by atoms with Crippen LogP contribution in [0, 0.1) is 29.6 Å². The molecule has 3 aliphatic carbocycles. The Kier molecular flexibility index (Phi) is 7.62. The summed E-state index contributed by atoms with van der Waals surface area (Å²) in [7, 11) is -4.24. The van der Waals surface area contributed by atoms with E-state index in [2.05, 4.69) is 12.2 Å². The van der Waals surface area contributed by atoms with Gasteiger partial charge in [-0.05, 0) is 80.8 Å². The normalized spacial score (nSPS) is 30.3. The molecule has 1 aromatic carbocycles. The van der Waals surface area contributed by atoms with E-state index in [9.17, 15) is 26.4 Å². The first-order chi connectivity index (χ1) is 16.1. The molecule has 1 aliphatic heterocycles. The summed E-state index contributed by atoms with van der Waals surface area (Å²) in [6, 6.07) is 4.33. The number of halogens is 3. The van der Waals surface area contributed by atoms with Crippen molar-refractivity contribution in [3.05, 3.63) is 29.8 Å². The highest BCUT2D eigenvalue weighted by atomic mass is 32.2. The lowest BCUT2D eigenvalue weighted by Crippen LogP contribution is -2.39. The quantitative estimate of drug-likeness (QED) is 0.568. The summed E-state index contributed by atoms with van der Waals surface area (Å²) in [5, 5.41) is 3.07. The number of fused-ring (bicyclic) bond motifs is 4. The third-order valence-electron chi connectivity index (χ3n) is 8.09. The lowest BCUT2D eigenvalue weighted by molar-refractivity contribution is -0.140. The number of carbonyl (C=O) groups is 1. The number of alkyl halides is 3. The molecule has 34 heavy (non-hydrogen) atoms. The van der Waals surface area contributed by atoms with Gasteiger partial charge in [-0.2, -0.15) is 17.5 Å². The molecule has 2 bridgehead atoms. The third kappa shape index (κ3) is 5.61. The fourth-order valence-corrected chi connectivity index (χ4v) is 7.88. The van der Waals surface area contributed by atoms with Crippen molar-refractivity contribution in [1.82, 2.24) is 9.62 Å². The predicted molar refractivity (Wildman–Crippen MR) is 123 cm³/mol. The number of amides is 1. The number of hydrogen-bond donors (Lipinski definition) is 1. The zero-order valence-electron chi connectivity index (χ0n) is 19.7. The van der Waals surface area contributed by atoms with Crippen molar-refractivity contribution in [3.8, 4) is 0 Å². The SMILES string of the molecule is CC[C@H]1CC2CC(C2)CC(C(=O)NCCC2CCN(S(=O)(=O)c3ccccc3C(F)(F)F)C2)C1. The number of carbonyl (C=O) groups excluding carboxylic acids is 1. The minimum atomic E-state index is -4.73. The van der Waals surface area contributed by atoms with Gasteiger partial charge in [0.2, 0.25) is 15.9 Å². The van der Waals surface area contributed by atoms with Crippen LogP contribution in [-0.4, -0.2) is 38.3 Å². The molecule has 0 aromatic heterocycles. The van der Waals surface area contributed by atoms with Gasteiger partial charge >= 0.3 is 6.18 Å². The maximum atomic E-state index is 13.3. The molecule has 1 aromatic rings. The third-order valence-corrected chi connectivity index (χ3v) is 10.0. The highest BCUT2D eigenvalue weighted by molar-refractivity contribution is 7.89. The molecule has 0 spiro atoms. The van der Waals surface area contributed by atoms with E-state index in [1.807, 2.05) is 0 Å². The number of nitrogens with one attached hydrogen (secondary N) is 1. The summed E-state index contributed by atoms with van der Waals surface area (Å²) < 4.78 is 67.1. The topological polar surface area (TPSA) is 66.5 Å². The minimum Gasteiger partial charge on any atom is -0.356 e. The molecule has 5 rings (SSSR count). The van der Waals surface area contributed by atoms with Gasteiger partial charge in [0.25, 0.3) is 0 Å². The maximum Gasteiger partial charge on any atom is 0.417 e. The molecular weight excluding hydrogens is 465 g/mol. The van der Waals surface area contributed by atoms with Crippen LogP contribution in [0.1, 0.15) is 63.9 Å². The number of benzene rings is 1. The van der Waals surface area contributed by atoms with E-state index >= 15 is 0 Å². The average molecular weight is 501 g/mol. The Bertz CT molecular complexity index is 976. The molecule has 9 heteroatoms. The molecule has 5 nitrogen and oxygen atoms in total. The van der Waals surface area contributed by atoms with Gasteiger partial charge in [-0.1, -0.05) is 25.5 Å². The fourth-order valence-electron chi connectivity index (χ4n) is 6.13. The van der Waals surface area contributed by atoms with Crippen molar-refractivity contribution in [1.29, 1.82) is 0 Å². The Morgan fingerprint density at radius 2 is 1.76 bits per heavy atom. The molecule has 0 radical (unpaired) electrons. The second-order valence-corrected chi connectivity index (χ2v) is 12.4. The first kappa shape index (κ1) is 25.5. The maximum absolute atomic E-state index is 13.3. The highest BCUT2D eigenvalue weighted by Crippen LogP contribution is 2.46. The lowest BCUT2D eigenvalue weighted by atomic mass is 9.63. The summed E-state index contributed by atoms with van der Waals surface area (Å²) in [6.45, 7) is 3.04. The number of hydrogen-bond acceptors (Lipinski definition) is 3. The molecule has 3 atom stereocenters. The van der Waals surface area contributed by atoms with Crippen LogP contribution >= 0.6 is 0 Å². The van der Waals surface area contributed by atoms with Crippen molar-refractivity contribution >= 4 is 15.9 Å². The standard InChI is InChI=1S/C25H35F3N2O3S/c1-2-17-11-19-12-20(13-19)15-21(14-17)24(31)29-9-7-18-8-10-30(16-18)34(32,33)23-6-4-3-5-22(23)25(26,27)28/h3-6,17-21H,2,7-16H2,1H3,(H,29,31)/t17-,18?,19?,20?,21?/m0/s1. The number of sulfonamides is 1. The van der Waals surface area contributed by atoms with Crippen molar-refractivity contribution < 1.29 is 26.4 Å². The van der Waals surface area contributed by atoms with Crippen LogP contribution in [0.25, 0.3) is 0 Å². The van der Waals surface area contributed by atoms with Gasteiger partial charge in [-0.25, -0.2) is 8.42 Å². The summed E-state index contributed by atoms with van der Waals surface area (Å²) >= 11 is 0. The van der Waals surface area contributed by atoms with Gasteiger partial charge < -0.3 is 5.32 Å². The van der Waals surface area contributed by atoms with Crippen LogP contribution in [-0.2, 0) is 21.0 Å². The van der Waals surface area contributed by atoms with Crippen molar-refractivity contribution in [2.75, 3.05) is 19.6 Å². The average Bonchev–Trinajstić information content (AvgIpc) is 3.21. The molecule has 1 heterocycles. The van der Waals surface area contributed by atoms with Gasteiger partial charge in [0.15, 0.2) is 0 Å². The Labute approximate surface area is 200 Å². The number of rotatable bonds is 7. The molecule has 1 N–H and O–H groups in total. The Morgan fingerprint density at radius 3 is 2.47 bits per heavy atom. The summed E-state index contributed by atoms with van der Waals surface area (Å²) in [6.07, 6.45) is 3.23. The molecule has 4 aliphatic rings. The zero-order valence-corrected chi connectivity index (χ0v) is 20.5. The Hall–Kier alpha value is -1.61. The van der Waals surface area contributed by atoms with Gasteiger partial charge in [-0.3, -0.25) is 4.79 Å². The van der Waals surface area contributed by atoms with Crippen LogP contribution in [0.3, 0.4) is 0 Å². The van der Waals surface area contributed by atoms with Gasteiger partial charge in [-0.15, -0.1) is 0 Å². The monoisotopic (exact) mass is 500 g/mol. The minimum absolute atomic E-state index is 0.0150. The van der Waals surface area contributed by atoms with Crippen molar-refractivity contribution in [3.63, 3.8) is 0 Å². The van der Waals surface area contributed by atoms with E-state index in [4.69, 9.17) is 0 Å². The first-order valence-electron chi connectivity index (χ1n) is 12.5. The Balaban J connectivity index is 1.30. The van der Waals surface area contributed by atoms with E-state index < -0.39 is 26.7 Å². The number of nitrogens with zero attached hydrogens (tertiary/aromatic N) is 1. The van der Waals surface area contributed by atoms with Crippen LogP contribution in [0.2, 0.25) is 0 Å². The molecule has 1 saturated heterocycles. The van der Waals surface area contributed by atoms with E-state index in [1.165, 1.54) is 31.4 Å². The molecule has 2 unspecified atom stereocenters. The fraction of sp³-hybridized carbons (Fsp3) is 0.720.